The molecule has 1 N–H and O–H groups in total. The number of carbonyl (C=O) groups is 3. The van der Waals surface area contributed by atoms with Crippen molar-refractivity contribution in [1.82, 2.24) is 0 Å². The Morgan fingerprint density at radius 3 is 2.76 bits per heavy atom. The van der Waals surface area contributed by atoms with Crippen LogP contribution in [0.15, 0.2) is 36.4 Å². The van der Waals surface area contributed by atoms with Crippen molar-refractivity contribution >= 4 is 46.4 Å². The summed E-state index contributed by atoms with van der Waals surface area (Å²) >= 11 is 6.12. The van der Waals surface area contributed by atoms with Crippen LogP contribution in [0.3, 0.4) is 0 Å². The molecule has 0 bridgehead atoms. The number of rotatable bonds is 3. The third-order valence-electron chi connectivity index (χ3n) is 5.67. The Bertz CT molecular complexity index is 1020. The second-order valence-electron chi connectivity index (χ2n) is 7.54. The second kappa shape index (κ2) is 7.52. The van der Waals surface area contributed by atoms with Crippen LogP contribution in [-0.4, -0.2) is 30.8 Å². The summed E-state index contributed by atoms with van der Waals surface area (Å²) in [5, 5.41) is 3.49. The Morgan fingerprint density at radius 2 is 2.00 bits per heavy atom. The van der Waals surface area contributed by atoms with E-state index in [1.165, 1.54) is 0 Å². The van der Waals surface area contributed by atoms with Gasteiger partial charge >= 0.3 is 0 Å². The van der Waals surface area contributed by atoms with Gasteiger partial charge in [0.05, 0.1) is 5.92 Å². The van der Waals surface area contributed by atoms with Gasteiger partial charge in [-0.1, -0.05) is 17.7 Å². The first-order valence-electron chi connectivity index (χ1n) is 9.62. The fourth-order valence-corrected chi connectivity index (χ4v) is 4.17. The third-order valence-corrected chi connectivity index (χ3v) is 6.08. The van der Waals surface area contributed by atoms with E-state index in [-0.39, 0.29) is 24.1 Å². The molecule has 2 aromatic rings. The molecule has 6 nitrogen and oxygen atoms in total. The number of hydrogen-bond acceptors (Lipinski definition) is 3. The Kier molecular flexibility index (Phi) is 5.04. The summed E-state index contributed by atoms with van der Waals surface area (Å²) in [5.41, 5.74) is 4.19. The van der Waals surface area contributed by atoms with E-state index >= 15 is 0 Å². The Labute approximate surface area is 174 Å². The number of carbonyl (C=O) groups excluding carboxylic acids is 3. The lowest BCUT2D eigenvalue weighted by atomic mass is 10.1. The molecule has 7 heteroatoms. The average Bonchev–Trinajstić information content (AvgIpc) is 3.28. The number of fused-ring (bicyclic) bond motifs is 1. The van der Waals surface area contributed by atoms with Crippen molar-refractivity contribution in [2.24, 2.45) is 5.92 Å². The first kappa shape index (κ1) is 19.5. The molecule has 0 radical (unpaired) electrons. The normalized spacial score (nSPS) is 18.2. The van der Waals surface area contributed by atoms with Crippen molar-refractivity contribution in [3.8, 4) is 0 Å². The maximum atomic E-state index is 12.7. The minimum atomic E-state index is -0.428. The van der Waals surface area contributed by atoms with E-state index in [1.807, 2.05) is 25.1 Å². The highest BCUT2D eigenvalue weighted by Crippen LogP contribution is 2.34. The van der Waals surface area contributed by atoms with Gasteiger partial charge in [-0.2, -0.15) is 0 Å². The molecule has 2 heterocycles. The van der Waals surface area contributed by atoms with Gasteiger partial charge < -0.3 is 15.1 Å². The number of halogens is 1. The molecule has 3 amide bonds. The maximum Gasteiger partial charge on any atom is 0.229 e. The van der Waals surface area contributed by atoms with Crippen LogP contribution in [0, 0.1) is 12.8 Å². The molecule has 1 saturated heterocycles. The predicted molar refractivity (Wildman–Crippen MR) is 113 cm³/mol. The van der Waals surface area contributed by atoms with Crippen LogP contribution in [0.2, 0.25) is 5.02 Å². The summed E-state index contributed by atoms with van der Waals surface area (Å²) in [6.45, 7) is 4.39. The van der Waals surface area contributed by atoms with E-state index in [1.54, 1.807) is 34.9 Å². The quantitative estimate of drug-likeness (QED) is 0.839. The fraction of sp³-hybridized carbons (Fsp3) is 0.318. The van der Waals surface area contributed by atoms with Crippen LogP contribution in [0.5, 0.6) is 0 Å². The number of anilines is 3. The lowest BCUT2D eigenvalue weighted by molar-refractivity contribution is -0.122. The van der Waals surface area contributed by atoms with Crippen molar-refractivity contribution in [3.05, 3.63) is 52.5 Å². The highest BCUT2D eigenvalue weighted by Gasteiger charge is 2.36. The molecule has 29 heavy (non-hydrogen) atoms. The van der Waals surface area contributed by atoms with Crippen LogP contribution in [0.1, 0.15) is 24.5 Å². The van der Waals surface area contributed by atoms with E-state index in [0.29, 0.717) is 23.8 Å². The smallest absolute Gasteiger partial charge is 0.229 e. The van der Waals surface area contributed by atoms with Crippen LogP contribution in [-0.2, 0) is 20.8 Å². The largest absolute Gasteiger partial charge is 0.325 e. The van der Waals surface area contributed by atoms with Crippen LogP contribution in [0.4, 0.5) is 17.1 Å². The first-order chi connectivity index (χ1) is 13.8. The first-order valence-corrected chi connectivity index (χ1v) is 10.0. The van der Waals surface area contributed by atoms with Gasteiger partial charge in [0, 0.05) is 48.5 Å². The third kappa shape index (κ3) is 3.60. The zero-order valence-electron chi connectivity index (χ0n) is 16.4. The van der Waals surface area contributed by atoms with Crippen molar-refractivity contribution in [2.45, 2.75) is 26.7 Å². The van der Waals surface area contributed by atoms with Gasteiger partial charge in [0.15, 0.2) is 0 Å². The molecule has 1 fully saturated rings. The average molecular weight is 412 g/mol. The molecule has 4 rings (SSSR count). The van der Waals surface area contributed by atoms with Crippen molar-refractivity contribution in [3.63, 3.8) is 0 Å². The molecule has 0 aromatic heterocycles. The SMILES string of the molecule is CC(=O)N1CCc2cc(N3C[C@H](C(=O)Nc4cccc(Cl)c4C)CC3=O)ccc21. The van der Waals surface area contributed by atoms with Gasteiger partial charge in [0.1, 0.15) is 0 Å². The van der Waals surface area contributed by atoms with E-state index in [4.69, 9.17) is 11.6 Å². The number of hydrogen-bond donors (Lipinski definition) is 1. The molecule has 0 unspecified atom stereocenters. The van der Waals surface area contributed by atoms with Crippen LogP contribution >= 0.6 is 11.6 Å². The lowest BCUT2D eigenvalue weighted by Gasteiger charge is -2.19. The number of amides is 3. The molecule has 2 aliphatic rings. The summed E-state index contributed by atoms with van der Waals surface area (Å²) < 4.78 is 0. The summed E-state index contributed by atoms with van der Waals surface area (Å²) in [6, 6.07) is 11.0. The molecule has 1 atom stereocenters. The Hall–Kier alpha value is -2.86. The topological polar surface area (TPSA) is 69.7 Å². The molecular formula is C22H22ClN3O3. The van der Waals surface area contributed by atoms with Crippen molar-refractivity contribution < 1.29 is 14.4 Å². The number of nitrogens with one attached hydrogen (secondary N) is 1. The summed E-state index contributed by atoms with van der Waals surface area (Å²) in [4.78, 5) is 40.5. The molecule has 2 aromatic carbocycles. The lowest BCUT2D eigenvalue weighted by Crippen LogP contribution is -2.28. The van der Waals surface area contributed by atoms with E-state index < -0.39 is 5.92 Å². The van der Waals surface area contributed by atoms with Crippen LogP contribution < -0.4 is 15.1 Å². The molecule has 0 aliphatic carbocycles. The van der Waals surface area contributed by atoms with E-state index in [0.717, 1.165) is 28.9 Å². The summed E-state index contributed by atoms with van der Waals surface area (Å²) in [7, 11) is 0. The molecule has 0 saturated carbocycles. The van der Waals surface area contributed by atoms with Gasteiger partial charge in [0.2, 0.25) is 17.7 Å². The monoisotopic (exact) mass is 411 g/mol. The van der Waals surface area contributed by atoms with Gasteiger partial charge in [-0.15, -0.1) is 0 Å². The van der Waals surface area contributed by atoms with Crippen molar-refractivity contribution in [1.29, 1.82) is 0 Å². The molecule has 150 valence electrons. The van der Waals surface area contributed by atoms with Gasteiger partial charge in [-0.05, 0) is 54.8 Å². The summed E-state index contributed by atoms with van der Waals surface area (Å²) in [5.74, 6) is -0.672. The van der Waals surface area contributed by atoms with Gasteiger partial charge in [-0.3, -0.25) is 14.4 Å². The molecular weight excluding hydrogens is 390 g/mol. The molecule has 2 aliphatic heterocycles. The second-order valence-corrected chi connectivity index (χ2v) is 7.95. The minimum Gasteiger partial charge on any atom is -0.325 e. The van der Waals surface area contributed by atoms with Gasteiger partial charge in [-0.25, -0.2) is 0 Å². The summed E-state index contributed by atoms with van der Waals surface area (Å²) in [6.07, 6.45) is 0.935. The van der Waals surface area contributed by atoms with E-state index in [9.17, 15) is 14.4 Å². The molecule has 0 spiro atoms. The van der Waals surface area contributed by atoms with Gasteiger partial charge in [0.25, 0.3) is 0 Å². The predicted octanol–water partition coefficient (Wildman–Crippen LogP) is 3.55. The number of nitrogens with zero attached hydrogens (tertiary/aromatic N) is 2. The number of benzene rings is 2. The Morgan fingerprint density at radius 1 is 1.21 bits per heavy atom. The minimum absolute atomic E-state index is 0.0155. The fourth-order valence-electron chi connectivity index (χ4n) is 3.99. The zero-order chi connectivity index (χ0) is 20.7. The van der Waals surface area contributed by atoms with Crippen molar-refractivity contribution in [2.75, 3.05) is 28.2 Å². The van der Waals surface area contributed by atoms with Crippen LogP contribution in [0.25, 0.3) is 0 Å². The highest BCUT2D eigenvalue weighted by molar-refractivity contribution is 6.31. The standard InChI is InChI=1S/C22H22ClN3O3/c1-13-18(23)4-3-5-19(13)24-22(29)16-11-21(28)26(12-16)17-6-7-20-15(10-17)8-9-25(20)14(2)27/h3-7,10,16H,8-9,11-12H2,1-2H3,(H,24,29)/t16-/m1/s1. The Balaban J connectivity index is 1.49. The maximum absolute atomic E-state index is 12.7. The highest BCUT2D eigenvalue weighted by atomic mass is 35.5. The zero-order valence-corrected chi connectivity index (χ0v) is 17.1. The van der Waals surface area contributed by atoms with E-state index in [2.05, 4.69) is 5.32 Å².